The fraction of sp³-hybridized carbons (Fsp3) is 0.684. The van der Waals surface area contributed by atoms with Crippen LogP contribution in [0.4, 0.5) is 5.69 Å². The summed E-state index contributed by atoms with van der Waals surface area (Å²) < 4.78 is 11.0. The smallest absolute Gasteiger partial charge is 0.270 e. The van der Waals surface area contributed by atoms with Crippen LogP contribution in [0, 0.1) is 22.0 Å². The maximum atomic E-state index is 11.3. The van der Waals surface area contributed by atoms with Crippen LogP contribution in [0.1, 0.15) is 50.2 Å². The third kappa shape index (κ3) is 3.25. The lowest BCUT2D eigenvalue weighted by atomic mass is 9.72. The van der Waals surface area contributed by atoms with Gasteiger partial charge in [-0.25, -0.2) is 0 Å². The van der Waals surface area contributed by atoms with Crippen LogP contribution in [0.3, 0.4) is 0 Å². The number of nitrogens with zero attached hydrogens (tertiary/aromatic N) is 2. The van der Waals surface area contributed by atoms with Crippen LogP contribution in [-0.2, 0) is 17.9 Å². The number of non-ortho nitro benzene ring substituents is 1. The molecule has 1 saturated carbocycles. The van der Waals surface area contributed by atoms with Gasteiger partial charge in [-0.2, -0.15) is 0 Å². The zero-order valence-electron chi connectivity index (χ0n) is 14.8. The van der Waals surface area contributed by atoms with Gasteiger partial charge in [-0.1, -0.05) is 19.8 Å². The normalized spacial score (nSPS) is 29.4. The maximum Gasteiger partial charge on any atom is 0.270 e. The Morgan fingerprint density at radius 2 is 2.12 bits per heavy atom. The Bertz CT molecular complexity index is 663. The summed E-state index contributed by atoms with van der Waals surface area (Å²) in [5.41, 5.74) is 1.86. The molecule has 0 bridgehead atoms. The molecule has 0 N–H and O–H groups in total. The van der Waals surface area contributed by atoms with E-state index >= 15 is 0 Å². The van der Waals surface area contributed by atoms with Crippen LogP contribution in [0.5, 0.6) is 5.75 Å². The first-order valence-corrected chi connectivity index (χ1v) is 9.38. The summed E-state index contributed by atoms with van der Waals surface area (Å²) in [6.07, 6.45) is 6.41. The van der Waals surface area contributed by atoms with E-state index in [1.165, 1.54) is 32.1 Å². The number of hydrogen-bond acceptors (Lipinski definition) is 5. The average molecular weight is 346 g/mol. The van der Waals surface area contributed by atoms with Gasteiger partial charge in [0.25, 0.3) is 5.69 Å². The minimum Gasteiger partial charge on any atom is -0.467 e. The summed E-state index contributed by atoms with van der Waals surface area (Å²) in [5.74, 6) is 2.34. The van der Waals surface area contributed by atoms with Gasteiger partial charge in [0.2, 0.25) is 0 Å². The molecule has 6 heteroatoms. The molecule has 0 aromatic heterocycles. The molecule has 1 aromatic carbocycles. The van der Waals surface area contributed by atoms with E-state index in [1.54, 1.807) is 12.1 Å². The molecular weight excluding hydrogens is 320 g/mol. The van der Waals surface area contributed by atoms with Crippen molar-refractivity contribution < 1.29 is 14.4 Å². The predicted molar refractivity (Wildman–Crippen MR) is 93.3 cm³/mol. The number of fused-ring (bicyclic) bond motifs is 2. The van der Waals surface area contributed by atoms with Gasteiger partial charge in [-0.3, -0.25) is 15.0 Å². The SMILES string of the molecule is CC1CCN(Cc2cc([N+](=O)[O-])cc3c2OCOC3)C2CCCCC12. The highest BCUT2D eigenvalue weighted by atomic mass is 16.7. The lowest BCUT2D eigenvalue weighted by Crippen LogP contribution is -2.49. The molecule has 4 rings (SSSR count). The van der Waals surface area contributed by atoms with Crippen molar-refractivity contribution >= 4 is 5.69 Å². The molecule has 2 heterocycles. The second-order valence-electron chi connectivity index (χ2n) is 7.71. The molecule has 2 aliphatic heterocycles. The van der Waals surface area contributed by atoms with E-state index < -0.39 is 0 Å². The summed E-state index contributed by atoms with van der Waals surface area (Å²) in [5, 5.41) is 11.3. The third-order valence-electron chi connectivity index (χ3n) is 6.21. The molecule has 25 heavy (non-hydrogen) atoms. The lowest BCUT2D eigenvalue weighted by Gasteiger charge is -2.47. The zero-order valence-corrected chi connectivity index (χ0v) is 14.8. The number of hydrogen-bond donors (Lipinski definition) is 0. The molecule has 6 nitrogen and oxygen atoms in total. The van der Waals surface area contributed by atoms with Crippen molar-refractivity contribution in [3.63, 3.8) is 0 Å². The predicted octanol–water partition coefficient (Wildman–Crippen LogP) is 3.86. The molecule has 3 atom stereocenters. The van der Waals surface area contributed by atoms with Crippen LogP contribution < -0.4 is 4.74 Å². The Morgan fingerprint density at radius 1 is 1.28 bits per heavy atom. The number of nitro benzene ring substituents is 1. The van der Waals surface area contributed by atoms with E-state index in [-0.39, 0.29) is 17.4 Å². The van der Waals surface area contributed by atoms with Gasteiger partial charge in [-0.15, -0.1) is 0 Å². The summed E-state index contributed by atoms with van der Waals surface area (Å²) in [6.45, 7) is 4.79. The molecule has 0 spiro atoms. The largest absolute Gasteiger partial charge is 0.467 e. The van der Waals surface area contributed by atoms with Crippen molar-refractivity contribution in [2.24, 2.45) is 11.8 Å². The number of nitro groups is 1. The minimum atomic E-state index is -0.319. The van der Waals surface area contributed by atoms with E-state index in [2.05, 4.69) is 11.8 Å². The fourth-order valence-corrected chi connectivity index (χ4v) is 4.93. The van der Waals surface area contributed by atoms with Gasteiger partial charge < -0.3 is 9.47 Å². The van der Waals surface area contributed by atoms with E-state index in [0.29, 0.717) is 12.6 Å². The first kappa shape index (κ1) is 16.8. The lowest BCUT2D eigenvalue weighted by molar-refractivity contribution is -0.385. The van der Waals surface area contributed by atoms with Crippen molar-refractivity contribution in [1.29, 1.82) is 0 Å². The zero-order chi connectivity index (χ0) is 17.4. The topological polar surface area (TPSA) is 64.8 Å². The second kappa shape index (κ2) is 6.92. The second-order valence-corrected chi connectivity index (χ2v) is 7.71. The highest BCUT2D eigenvalue weighted by Gasteiger charge is 2.37. The fourth-order valence-electron chi connectivity index (χ4n) is 4.93. The summed E-state index contributed by atoms with van der Waals surface area (Å²) in [7, 11) is 0. The number of benzene rings is 1. The van der Waals surface area contributed by atoms with Crippen molar-refractivity contribution in [2.75, 3.05) is 13.3 Å². The van der Waals surface area contributed by atoms with Gasteiger partial charge in [0.1, 0.15) is 5.75 Å². The molecule has 0 amide bonds. The summed E-state index contributed by atoms with van der Waals surface area (Å²) in [4.78, 5) is 13.5. The molecule has 136 valence electrons. The van der Waals surface area contributed by atoms with Crippen LogP contribution in [0.2, 0.25) is 0 Å². The van der Waals surface area contributed by atoms with Crippen LogP contribution in [0.25, 0.3) is 0 Å². The van der Waals surface area contributed by atoms with Gasteiger partial charge in [0.15, 0.2) is 6.79 Å². The van der Waals surface area contributed by atoms with Crippen LogP contribution >= 0.6 is 0 Å². The highest BCUT2D eigenvalue weighted by molar-refractivity contribution is 5.50. The quantitative estimate of drug-likeness (QED) is 0.614. The third-order valence-corrected chi connectivity index (χ3v) is 6.21. The van der Waals surface area contributed by atoms with E-state index in [1.807, 2.05) is 0 Å². The van der Waals surface area contributed by atoms with Crippen LogP contribution in [-0.4, -0.2) is 29.2 Å². The molecule has 1 aromatic rings. The average Bonchev–Trinajstić information content (AvgIpc) is 2.64. The van der Waals surface area contributed by atoms with Gasteiger partial charge in [-0.05, 0) is 37.6 Å². The molecule has 1 aliphatic carbocycles. The Kier molecular flexibility index (Phi) is 4.65. The Morgan fingerprint density at radius 3 is 2.96 bits per heavy atom. The van der Waals surface area contributed by atoms with E-state index in [4.69, 9.17) is 9.47 Å². The highest BCUT2D eigenvalue weighted by Crippen LogP contribution is 2.41. The number of likely N-dealkylation sites (tertiary alicyclic amines) is 1. The van der Waals surface area contributed by atoms with Gasteiger partial charge >= 0.3 is 0 Å². The van der Waals surface area contributed by atoms with Crippen molar-refractivity contribution in [1.82, 2.24) is 4.90 Å². The van der Waals surface area contributed by atoms with Crippen molar-refractivity contribution in [3.05, 3.63) is 33.4 Å². The molecule has 3 aliphatic rings. The maximum absolute atomic E-state index is 11.3. The van der Waals surface area contributed by atoms with Crippen molar-refractivity contribution in [2.45, 2.75) is 58.2 Å². The molecule has 0 radical (unpaired) electrons. The summed E-state index contributed by atoms with van der Waals surface area (Å²) >= 11 is 0. The first-order chi connectivity index (χ1) is 12.1. The Balaban J connectivity index is 1.63. The standard InChI is InChI=1S/C19H26N2O4/c1-13-6-7-20(18-5-3-2-4-17(13)18)10-14-8-16(21(22)23)9-15-11-24-12-25-19(14)15/h8-9,13,17-18H,2-7,10-12H2,1H3. The Hall–Kier alpha value is -1.66. The monoisotopic (exact) mass is 346 g/mol. The van der Waals surface area contributed by atoms with Gasteiger partial charge in [0, 0.05) is 35.8 Å². The van der Waals surface area contributed by atoms with E-state index in [0.717, 1.165) is 41.8 Å². The molecule has 2 fully saturated rings. The Labute approximate surface area is 148 Å². The van der Waals surface area contributed by atoms with Crippen molar-refractivity contribution in [3.8, 4) is 5.75 Å². The number of piperidine rings is 1. The summed E-state index contributed by atoms with van der Waals surface area (Å²) in [6, 6.07) is 3.88. The molecule has 1 saturated heterocycles. The molecular formula is C19H26N2O4. The first-order valence-electron chi connectivity index (χ1n) is 9.38. The van der Waals surface area contributed by atoms with E-state index in [9.17, 15) is 10.1 Å². The van der Waals surface area contributed by atoms with Crippen LogP contribution in [0.15, 0.2) is 12.1 Å². The number of ether oxygens (including phenoxy) is 2. The number of rotatable bonds is 3. The van der Waals surface area contributed by atoms with Gasteiger partial charge in [0.05, 0.1) is 11.5 Å². The molecule has 3 unspecified atom stereocenters. The minimum absolute atomic E-state index is 0.133.